The average molecular weight is 287 g/mol. The number of alkyl halides is 3. The zero-order chi connectivity index (χ0) is 15.1. The van der Waals surface area contributed by atoms with Crippen molar-refractivity contribution in [2.75, 3.05) is 0 Å². The molecule has 2 N–H and O–H groups in total. The van der Waals surface area contributed by atoms with Gasteiger partial charge in [-0.05, 0) is 43.2 Å². The number of hydrogen-bond acceptors (Lipinski definition) is 2. The van der Waals surface area contributed by atoms with Crippen molar-refractivity contribution in [1.82, 2.24) is 9.78 Å². The molecule has 7 heteroatoms. The van der Waals surface area contributed by atoms with Gasteiger partial charge in [-0.3, -0.25) is 0 Å². The first kappa shape index (κ1) is 14.5. The van der Waals surface area contributed by atoms with Crippen LogP contribution in [-0.4, -0.2) is 9.78 Å². The lowest BCUT2D eigenvalue weighted by molar-refractivity contribution is -0.141. The van der Waals surface area contributed by atoms with Crippen molar-refractivity contribution in [2.24, 2.45) is 5.73 Å². The van der Waals surface area contributed by atoms with Gasteiger partial charge in [0.25, 0.3) is 0 Å². The fraction of sp³-hybridized carbons (Fsp3) is 0.308. The van der Waals surface area contributed by atoms with Crippen LogP contribution in [0.1, 0.15) is 29.8 Å². The Morgan fingerprint density at radius 2 is 1.95 bits per heavy atom. The molecule has 0 spiro atoms. The number of hydrogen-bond donors (Lipinski definition) is 1. The van der Waals surface area contributed by atoms with E-state index in [9.17, 15) is 17.6 Å². The summed E-state index contributed by atoms with van der Waals surface area (Å²) >= 11 is 0. The van der Waals surface area contributed by atoms with E-state index in [0.29, 0.717) is 16.8 Å². The van der Waals surface area contributed by atoms with Crippen LogP contribution in [0.25, 0.3) is 5.69 Å². The van der Waals surface area contributed by atoms with E-state index in [2.05, 4.69) is 5.10 Å². The minimum Gasteiger partial charge on any atom is -0.324 e. The molecule has 0 saturated carbocycles. The highest BCUT2D eigenvalue weighted by Crippen LogP contribution is 2.29. The Morgan fingerprint density at radius 1 is 1.30 bits per heavy atom. The van der Waals surface area contributed by atoms with Crippen LogP contribution in [0.3, 0.4) is 0 Å². The number of aryl methyl sites for hydroxylation is 1. The molecule has 108 valence electrons. The maximum absolute atomic E-state index is 13.6. The molecule has 0 radical (unpaired) electrons. The van der Waals surface area contributed by atoms with E-state index in [1.54, 1.807) is 6.92 Å². The van der Waals surface area contributed by atoms with Gasteiger partial charge < -0.3 is 5.73 Å². The fourth-order valence-corrected chi connectivity index (χ4v) is 1.85. The first-order chi connectivity index (χ1) is 9.20. The van der Waals surface area contributed by atoms with Gasteiger partial charge >= 0.3 is 6.18 Å². The second-order valence-corrected chi connectivity index (χ2v) is 4.59. The van der Waals surface area contributed by atoms with E-state index in [1.165, 1.54) is 25.3 Å². The standard InChI is InChI=1S/C13H13F4N3/c1-7-5-11(9(8(2)18)6-10(7)14)20-4-3-12(19-20)13(15,16)17/h3-6,8H,18H2,1-2H3/t8-/m0/s1. The van der Waals surface area contributed by atoms with E-state index in [-0.39, 0.29) is 0 Å². The highest BCUT2D eigenvalue weighted by atomic mass is 19.4. The second kappa shape index (κ2) is 4.90. The Bertz CT molecular complexity index is 629. The monoisotopic (exact) mass is 287 g/mol. The smallest absolute Gasteiger partial charge is 0.324 e. The van der Waals surface area contributed by atoms with Crippen molar-refractivity contribution in [3.63, 3.8) is 0 Å². The molecular weight excluding hydrogens is 274 g/mol. The lowest BCUT2D eigenvalue weighted by Crippen LogP contribution is -2.13. The molecule has 0 unspecified atom stereocenters. The lowest BCUT2D eigenvalue weighted by atomic mass is 10.0. The molecule has 0 aliphatic rings. The van der Waals surface area contributed by atoms with Crippen molar-refractivity contribution < 1.29 is 17.6 Å². The van der Waals surface area contributed by atoms with Crippen LogP contribution in [-0.2, 0) is 6.18 Å². The molecule has 2 aromatic rings. The summed E-state index contributed by atoms with van der Waals surface area (Å²) in [6.07, 6.45) is -3.34. The Kier molecular flexibility index (Phi) is 3.56. The van der Waals surface area contributed by atoms with Gasteiger partial charge in [0, 0.05) is 12.2 Å². The van der Waals surface area contributed by atoms with Crippen LogP contribution in [0, 0.1) is 12.7 Å². The first-order valence-corrected chi connectivity index (χ1v) is 5.89. The average Bonchev–Trinajstić information content (AvgIpc) is 2.80. The minimum atomic E-state index is -4.52. The molecular formula is C13H13F4N3. The molecule has 1 heterocycles. The third kappa shape index (κ3) is 2.67. The van der Waals surface area contributed by atoms with E-state index in [1.807, 2.05) is 0 Å². The Labute approximate surface area is 113 Å². The normalized spacial score (nSPS) is 13.6. The molecule has 0 fully saturated rings. The molecule has 20 heavy (non-hydrogen) atoms. The Hall–Kier alpha value is -1.89. The summed E-state index contributed by atoms with van der Waals surface area (Å²) in [6.45, 7) is 3.15. The summed E-state index contributed by atoms with van der Waals surface area (Å²) in [5, 5.41) is 3.48. The van der Waals surface area contributed by atoms with Gasteiger partial charge in [-0.25, -0.2) is 9.07 Å². The van der Waals surface area contributed by atoms with Gasteiger partial charge in [0.1, 0.15) is 5.82 Å². The zero-order valence-electron chi connectivity index (χ0n) is 10.9. The van der Waals surface area contributed by atoms with Crippen LogP contribution in [0.15, 0.2) is 24.4 Å². The number of nitrogens with two attached hydrogens (primary N) is 1. The predicted octanol–water partition coefficient (Wildman–Crippen LogP) is 3.36. The SMILES string of the molecule is Cc1cc(-n2ccc(C(F)(F)F)n2)c([C@H](C)N)cc1F. The number of halogens is 4. The van der Waals surface area contributed by atoms with Gasteiger partial charge in [0.2, 0.25) is 0 Å². The van der Waals surface area contributed by atoms with Crippen LogP contribution in [0.5, 0.6) is 0 Å². The molecule has 0 aliphatic carbocycles. The Morgan fingerprint density at radius 3 is 2.45 bits per heavy atom. The van der Waals surface area contributed by atoms with Crippen molar-refractivity contribution in [3.8, 4) is 5.69 Å². The largest absolute Gasteiger partial charge is 0.435 e. The fourth-order valence-electron chi connectivity index (χ4n) is 1.85. The van der Waals surface area contributed by atoms with Crippen LogP contribution in [0.2, 0.25) is 0 Å². The molecule has 0 saturated heterocycles. The quantitative estimate of drug-likeness (QED) is 0.861. The van der Waals surface area contributed by atoms with E-state index in [4.69, 9.17) is 5.73 Å². The first-order valence-electron chi connectivity index (χ1n) is 5.89. The number of aromatic nitrogens is 2. The maximum atomic E-state index is 13.6. The zero-order valence-corrected chi connectivity index (χ0v) is 10.9. The highest BCUT2D eigenvalue weighted by Gasteiger charge is 2.33. The molecule has 0 aliphatic heterocycles. The minimum absolute atomic E-state index is 0.313. The van der Waals surface area contributed by atoms with E-state index in [0.717, 1.165) is 10.7 Å². The van der Waals surface area contributed by atoms with Crippen molar-refractivity contribution in [2.45, 2.75) is 26.1 Å². The van der Waals surface area contributed by atoms with Crippen LogP contribution >= 0.6 is 0 Å². The molecule has 1 atom stereocenters. The van der Waals surface area contributed by atoms with Crippen molar-refractivity contribution >= 4 is 0 Å². The number of rotatable bonds is 2. The van der Waals surface area contributed by atoms with Gasteiger partial charge in [0.05, 0.1) is 5.69 Å². The highest BCUT2D eigenvalue weighted by molar-refractivity contribution is 5.45. The lowest BCUT2D eigenvalue weighted by Gasteiger charge is -2.14. The molecule has 0 bridgehead atoms. The summed E-state index contributed by atoms with van der Waals surface area (Å²) in [5.41, 5.74) is 5.78. The summed E-state index contributed by atoms with van der Waals surface area (Å²) in [7, 11) is 0. The Balaban J connectivity index is 2.57. The third-order valence-corrected chi connectivity index (χ3v) is 2.92. The summed E-state index contributed by atoms with van der Waals surface area (Å²) < 4.78 is 52.3. The van der Waals surface area contributed by atoms with Gasteiger partial charge in [-0.2, -0.15) is 18.3 Å². The summed E-state index contributed by atoms with van der Waals surface area (Å²) in [4.78, 5) is 0. The van der Waals surface area contributed by atoms with Crippen LogP contribution in [0.4, 0.5) is 17.6 Å². The molecule has 0 amide bonds. The van der Waals surface area contributed by atoms with Crippen molar-refractivity contribution in [1.29, 1.82) is 0 Å². The van der Waals surface area contributed by atoms with Crippen molar-refractivity contribution in [3.05, 3.63) is 47.0 Å². The van der Waals surface area contributed by atoms with Crippen LogP contribution < -0.4 is 5.73 Å². The topological polar surface area (TPSA) is 43.8 Å². The summed E-state index contributed by atoms with van der Waals surface area (Å²) in [5.74, 6) is -0.454. The molecule has 3 nitrogen and oxygen atoms in total. The predicted molar refractivity (Wildman–Crippen MR) is 65.9 cm³/mol. The molecule has 1 aromatic carbocycles. The number of nitrogens with zero attached hydrogens (tertiary/aromatic N) is 2. The van der Waals surface area contributed by atoms with Gasteiger partial charge in [-0.15, -0.1) is 0 Å². The van der Waals surface area contributed by atoms with E-state index < -0.39 is 23.7 Å². The number of benzene rings is 1. The van der Waals surface area contributed by atoms with Gasteiger partial charge in [0.15, 0.2) is 5.69 Å². The second-order valence-electron chi connectivity index (χ2n) is 4.59. The summed E-state index contributed by atoms with van der Waals surface area (Å²) in [6, 6.07) is 2.99. The van der Waals surface area contributed by atoms with Gasteiger partial charge in [-0.1, -0.05) is 0 Å². The van der Waals surface area contributed by atoms with E-state index >= 15 is 0 Å². The molecule has 1 aromatic heterocycles. The maximum Gasteiger partial charge on any atom is 0.435 e. The third-order valence-electron chi connectivity index (χ3n) is 2.92. The molecule has 2 rings (SSSR count).